The van der Waals surface area contributed by atoms with Crippen molar-refractivity contribution in [3.8, 4) is 0 Å². The molecule has 0 amide bonds. The van der Waals surface area contributed by atoms with Gasteiger partial charge in [-0.25, -0.2) is 0 Å². The Morgan fingerprint density at radius 1 is 1.15 bits per heavy atom. The molecule has 0 saturated carbocycles. The number of anilines is 2. The van der Waals surface area contributed by atoms with E-state index in [1.54, 1.807) is 7.05 Å². The maximum absolute atomic E-state index is 5.67. The van der Waals surface area contributed by atoms with Crippen LogP contribution in [0.4, 0.5) is 11.9 Å². The molecule has 0 unspecified atom stereocenters. The van der Waals surface area contributed by atoms with Crippen LogP contribution in [0.5, 0.6) is 0 Å². The minimum Gasteiger partial charge on any atom is -0.357 e. The number of aromatic nitrogens is 3. The monoisotopic (exact) mass is 201 g/mol. The maximum atomic E-state index is 5.67. The predicted molar refractivity (Wildman–Crippen MR) is 53.1 cm³/mol. The molecule has 0 aliphatic carbocycles. The number of nitrogens with one attached hydrogen (secondary N) is 2. The highest BCUT2D eigenvalue weighted by Crippen LogP contribution is 2.09. The summed E-state index contributed by atoms with van der Waals surface area (Å²) in [6.07, 6.45) is 0. The number of nitrogens with zero attached hydrogens (tertiary/aromatic N) is 3. The normalized spacial score (nSPS) is 10.2. The lowest BCUT2D eigenvalue weighted by Crippen LogP contribution is -2.13. The summed E-state index contributed by atoms with van der Waals surface area (Å²) in [5, 5.41) is 6.01. The number of hydrogen-bond donors (Lipinski definition) is 2. The smallest absolute Gasteiger partial charge is 0.228 e. The van der Waals surface area contributed by atoms with Crippen LogP contribution in [0, 0.1) is 0 Å². The molecule has 0 saturated heterocycles. The van der Waals surface area contributed by atoms with Crippen LogP contribution in [0.2, 0.25) is 5.28 Å². The van der Waals surface area contributed by atoms with Crippen molar-refractivity contribution < 1.29 is 0 Å². The van der Waals surface area contributed by atoms with Crippen molar-refractivity contribution in [1.29, 1.82) is 0 Å². The number of rotatable bonds is 3. The molecule has 2 N–H and O–H groups in total. The van der Waals surface area contributed by atoms with Crippen LogP contribution in [0.25, 0.3) is 0 Å². The fraction of sp³-hybridized carbons (Fsp3) is 0.571. The topological polar surface area (TPSA) is 62.7 Å². The molecule has 72 valence electrons. The van der Waals surface area contributed by atoms with Crippen LogP contribution in [0.3, 0.4) is 0 Å². The van der Waals surface area contributed by atoms with E-state index in [1.165, 1.54) is 0 Å². The van der Waals surface area contributed by atoms with E-state index >= 15 is 0 Å². The Morgan fingerprint density at radius 3 is 2.31 bits per heavy atom. The lowest BCUT2D eigenvalue weighted by Gasteiger charge is -2.08. The van der Waals surface area contributed by atoms with Crippen LogP contribution in [-0.2, 0) is 0 Å². The van der Waals surface area contributed by atoms with Crippen LogP contribution in [0.1, 0.15) is 13.8 Å². The summed E-state index contributed by atoms with van der Waals surface area (Å²) in [5.74, 6) is 0.947. The van der Waals surface area contributed by atoms with Gasteiger partial charge < -0.3 is 10.6 Å². The van der Waals surface area contributed by atoms with Gasteiger partial charge in [0.25, 0.3) is 0 Å². The third-order valence-electron chi connectivity index (χ3n) is 1.25. The number of halogens is 1. The SMILES string of the molecule is CNc1nc(Cl)nc(NC(C)C)n1. The fourth-order valence-corrected chi connectivity index (χ4v) is 0.945. The summed E-state index contributed by atoms with van der Waals surface area (Å²) < 4.78 is 0. The van der Waals surface area contributed by atoms with Gasteiger partial charge in [0, 0.05) is 13.1 Å². The van der Waals surface area contributed by atoms with Crippen LogP contribution in [-0.4, -0.2) is 28.0 Å². The van der Waals surface area contributed by atoms with Gasteiger partial charge in [-0.05, 0) is 25.4 Å². The molecule has 0 atom stereocenters. The summed E-state index contributed by atoms with van der Waals surface area (Å²) in [6.45, 7) is 3.99. The molecule has 0 aromatic carbocycles. The van der Waals surface area contributed by atoms with Crippen molar-refractivity contribution in [2.45, 2.75) is 19.9 Å². The Kier molecular flexibility index (Phi) is 3.25. The molecule has 6 heteroatoms. The van der Waals surface area contributed by atoms with Crippen molar-refractivity contribution in [3.63, 3.8) is 0 Å². The Hall–Kier alpha value is -1.10. The van der Waals surface area contributed by atoms with Crippen molar-refractivity contribution in [2.75, 3.05) is 17.7 Å². The molecule has 0 aliphatic heterocycles. The van der Waals surface area contributed by atoms with Crippen molar-refractivity contribution in [1.82, 2.24) is 15.0 Å². The summed E-state index contributed by atoms with van der Waals surface area (Å²) in [4.78, 5) is 11.8. The quantitative estimate of drug-likeness (QED) is 0.774. The minimum absolute atomic E-state index is 0.183. The molecule has 13 heavy (non-hydrogen) atoms. The second-order valence-electron chi connectivity index (χ2n) is 2.80. The first kappa shape index (κ1) is 9.98. The third kappa shape index (κ3) is 3.02. The zero-order valence-electron chi connectivity index (χ0n) is 7.80. The molecular weight excluding hydrogens is 190 g/mol. The second kappa shape index (κ2) is 4.23. The Balaban J connectivity index is 2.88. The van der Waals surface area contributed by atoms with Gasteiger partial charge in [-0.3, -0.25) is 0 Å². The predicted octanol–water partition coefficient (Wildman–Crippen LogP) is 1.39. The molecule has 0 aliphatic rings. The van der Waals surface area contributed by atoms with E-state index in [1.807, 2.05) is 13.8 Å². The van der Waals surface area contributed by atoms with Gasteiger partial charge in [0.05, 0.1) is 0 Å². The molecule has 0 radical (unpaired) electrons. The second-order valence-corrected chi connectivity index (χ2v) is 3.14. The molecule has 0 bridgehead atoms. The van der Waals surface area contributed by atoms with E-state index in [9.17, 15) is 0 Å². The van der Waals surface area contributed by atoms with Gasteiger partial charge in [0.2, 0.25) is 17.2 Å². The first-order valence-corrected chi connectivity index (χ1v) is 4.35. The largest absolute Gasteiger partial charge is 0.357 e. The molecule has 1 heterocycles. The molecule has 0 fully saturated rings. The Labute approximate surface area is 82.0 Å². The van der Waals surface area contributed by atoms with Gasteiger partial charge in [0.1, 0.15) is 0 Å². The summed E-state index contributed by atoms with van der Waals surface area (Å²) in [5.41, 5.74) is 0. The average molecular weight is 202 g/mol. The zero-order chi connectivity index (χ0) is 9.84. The lowest BCUT2D eigenvalue weighted by molar-refractivity contribution is 0.867. The van der Waals surface area contributed by atoms with E-state index in [2.05, 4.69) is 25.6 Å². The summed E-state index contributed by atoms with van der Waals surface area (Å²) >= 11 is 5.67. The van der Waals surface area contributed by atoms with E-state index in [0.717, 1.165) is 0 Å². The fourth-order valence-electron chi connectivity index (χ4n) is 0.785. The number of hydrogen-bond acceptors (Lipinski definition) is 5. The van der Waals surface area contributed by atoms with Crippen molar-refractivity contribution >= 4 is 23.5 Å². The van der Waals surface area contributed by atoms with Crippen molar-refractivity contribution in [2.24, 2.45) is 0 Å². The Morgan fingerprint density at radius 2 is 1.77 bits per heavy atom. The molecule has 5 nitrogen and oxygen atoms in total. The average Bonchev–Trinajstić information content (AvgIpc) is 2.01. The highest BCUT2D eigenvalue weighted by atomic mass is 35.5. The van der Waals surface area contributed by atoms with E-state index < -0.39 is 0 Å². The third-order valence-corrected chi connectivity index (χ3v) is 1.42. The van der Waals surface area contributed by atoms with Gasteiger partial charge in [-0.1, -0.05) is 0 Å². The molecule has 1 rings (SSSR count). The summed E-state index contributed by atoms with van der Waals surface area (Å²) in [6, 6.07) is 0.267. The molecule has 1 aromatic rings. The van der Waals surface area contributed by atoms with Crippen molar-refractivity contribution in [3.05, 3.63) is 5.28 Å². The van der Waals surface area contributed by atoms with E-state index in [4.69, 9.17) is 11.6 Å². The Bertz CT molecular complexity index is 288. The van der Waals surface area contributed by atoms with Crippen LogP contribution >= 0.6 is 11.6 Å². The standard InChI is InChI=1S/C7H12ClN5/c1-4(2)10-7-12-5(8)11-6(9-3)13-7/h4H,1-3H3,(H2,9,10,11,12,13). The first-order valence-electron chi connectivity index (χ1n) is 3.97. The highest BCUT2D eigenvalue weighted by Gasteiger charge is 2.03. The molecule has 0 spiro atoms. The van der Waals surface area contributed by atoms with Crippen LogP contribution < -0.4 is 10.6 Å². The lowest BCUT2D eigenvalue weighted by atomic mass is 10.4. The van der Waals surface area contributed by atoms with Gasteiger partial charge in [-0.15, -0.1) is 0 Å². The van der Waals surface area contributed by atoms with Crippen LogP contribution in [0.15, 0.2) is 0 Å². The molecular formula is C7H12ClN5. The van der Waals surface area contributed by atoms with Gasteiger partial charge in [0.15, 0.2) is 0 Å². The summed E-state index contributed by atoms with van der Waals surface area (Å²) in [7, 11) is 1.73. The highest BCUT2D eigenvalue weighted by molar-refractivity contribution is 6.28. The maximum Gasteiger partial charge on any atom is 0.228 e. The zero-order valence-corrected chi connectivity index (χ0v) is 8.55. The van der Waals surface area contributed by atoms with Gasteiger partial charge in [-0.2, -0.15) is 15.0 Å². The van der Waals surface area contributed by atoms with E-state index in [-0.39, 0.29) is 11.3 Å². The van der Waals surface area contributed by atoms with Gasteiger partial charge >= 0.3 is 0 Å². The molecule has 1 aromatic heterocycles. The minimum atomic E-state index is 0.183. The first-order chi connectivity index (χ1) is 6.11. The van der Waals surface area contributed by atoms with E-state index in [0.29, 0.717) is 11.9 Å².